The second kappa shape index (κ2) is 5.99. The number of aliphatic hydroxyl groups excluding tert-OH is 2. The first-order chi connectivity index (χ1) is 7.75. The molecule has 2 aliphatic rings. The molecule has 3 heteroatoms. The van der Waals surface area contributed by atoms with Crippen LogP contribution in [0.1, 0.15) is 51.4 Å². The van der Waals surface area contributed by atoms with E-state index in [4.69, 9.17) is 0 Å². The molecule has 2 atom stereocenters. The Morgan fingerprint density at radius 2 is 1.56 bits per heavy atom. The highest BCUT2D eigenvalue weighted by Gasteiger charge is 2.25. The van der Waals surface area contributed by atoms with Gasteiger partial charge in [0.15, 0.2) is 0 Å². The van der Waals surface area contributed by atoms with Crippen molar-refractivity contribution in [1.29, 1.82) is 0 Å². The van der Waals surface area contributed by atoms with Crippen LogP contribution in [0.3, 0.4) is 0 Å². The number of hydrogen-bond acceptors (Lipinski definition) is 3. The summed E-state index contributed by atoms with van der Waals surface area (Å²) in [4.78, 5) is 0. The van der Waals surface area contributed by atoms with Crippen LogP contribution in [0, 0.1) is 5.92 Å². The highest BCUT2D eigenvalue weighted by molar-refractivity contribution is 4.81. The lowest BCUT2D eigenvalue weighted by Crippen LogP contribution is -2.41. The van der Waals surface area contributed by atoms with Crippen LogP contribution in [0.4, 0.5) is 0 Å². The first-order valence-corrected chi connectivity index (χ1v) is 6.85. The summed E-state index contributed by atoms with van der Waals surface area (Å²) in [7, 11) is 0. The minimum atomic E-state index is -0.0876. The molecule has 0 aliphatic heterocycles. The molecule has 0 aromatic heterocycles. The van der Waals surface area contributed by atoms with Gasteiger partial charge in [0.05, 0.1) is 12.2 Å². The first kappa shape index (κ1) is 12.3. The molecule has 0 aromatic carbocycles. The van der Waals surface area contributed by atoms with E-state index in [2.05, 4.69) is 5.32 Å². The largest absolute Gasteiger partial charge is 0.393 e. The van der Waals surface area contributed by atoms with Crippen LogP contribution in [0.25, 0.3) is 0 Å². The van der Waals surface area contributed by atoms with Crippen molar-refractivity contribution in [1.82, 2.24) is 5.32 Å². The van der Waals surface area contributed by atoms with E-state index in [1.807, 2.05) is 0 Å². The summed E-state index contributed by atoms with van der Waals surface area (Å²) in [5, 5.41) is 22.8. The molecule has 3 nitrogen and oxygen atoms in total. The molecule has 0 radical (unpaired) electrons. The highest BCUT2D eigenvalue weighted by Crippen LogP contribution is 2.25. The molecule has 2 aliphatic carbocycles. The molecule has 0 amide bonds. The van der Waals surface area contributed by atoms with Crippen molar-refractivity contribution < 1.29 is 10.2 Å². The van der Waals surface area contributed by atoms with Gasteiger partial charge in [-0.1, -0.05) is 12.8 Å². The molecule has 0 bridgehead atoms. The number of hydrogen-bond donors (Lipinski definition) is 3. The molecule has 2 rings (SSSR count). The van der Waals surface area contributed by atoms with Crippen LogP contribution in [0.5, 0.6) is 0 Å². The summed E-state index contributed by atoms with van der Waals surface area (Å²) < 4.78 is 0. The summed E-state index contributed by atoms with van der Waals surface area (Å²) >= 11 is 0. The molecule has 94 valence electrons. The maximum atomic E-state index is 9.86. The van der Waals surface area contributed by atoms with Gasteiger partial charge < -0.3 is 15.5 Å². The Labute approximate surface area is 98.2 Å². The van der Waals surface area contributed by atoms with Crippen LogP contribution in [-0.4, -0.2) is 35.0 Å². The average Bonchev–Trinajstić information content (AvgIpc) is 2.30. The van der Waals surface area contributed by atoms with Crippen LogP contribution < -0.4 is 5.32 Å². The first-order valence-electron chi connectivity index (χ1n) is 6.85. The van der Waals surface area contributed by atoms with Gasteiger partial charge in [-0.3, -0.25) is 0 Å². The van der Waals surface area contributed by atoms with E-state index in [1.54, 1.807) is 0 Å². The van der Waals surface area contributed by atoms with E-state index in [-0.39, 0.29) is 12.2 Å². The second-order valence-electron chi connectivity index (χ2n) is 5.53. The lowest BCUT2D eigenvalue weighted by molar-refractivity contribution is 0.0640. The Kier molecular flexibility index (Phi) is 4.62. The molecular weight excluding hydrogens is 202 g/mol. The van der Waals surface area contributed by atoms with Crippen molar-refractivity contribution in [2.24, 2.45) is 5.92 Å². The smallest absolute Gasteiger partial charge is 0.0580 e. The van der Waals surface area contributed by atoms with Gasteiger partial charge in [0.1, 0.15) is 0 Å². The lowest BCUT2D eigenvalue weighted by Gasteiger charge is -2.31. The third kappa shape index (κ3) is 3.44. The molecule has 2 unspecified atom stereocenters. The standard InChI is InChI=1S/C13H25NO2/c15-12-7-5-11(6-8-12)14-9-10-3-1-2-4-13(10)16/h10-16H,1-9H2. The number of aliphatic hydroxyl groups is 2. The van der Waals surface area contributed by atoms with Crippen molar-refractivity contribution in [3.8, 4) is 0 Å². The molecule has 0 heterocycles. The highest BCUT2D eigenvalue weighted by atomic mass is 16.3. The van der Waals surface area contributed by atoms with Crippen molar-refractivity contribution in [3.63, 3.8) is 0 Å². The quantitative estimate of drug-likeness (QED) is 0.683. The molecule has 0 spiro atoms. The number of rotatable bonds is 3. The zero-order valence-electron chi connectivity index (χ0n) is 10.1. The topological polar surface area (TPSA) is 52.5 Å². The van der Waals surface area contributed by atoms with Crippen molar-refractivity contribution in [2.75, 3.05) is 6.54 Å². The van der Waals surface area contributed by atoms with Gasteiger partial charge in [0.2, 0.25) is 0 Å². The predicted molar refractivity (Wildman–Crippen MR) is 64.2 cm³/mol. The minimum Gasteiger partial charge on any atom is -0.393 e. The average molecular weight is 227 g/mol. The van der Waals surface area contributed by atoms with Gasteiger partial charge in [-0.2, -0.15) is 0 Å². The van der Waals surface area contributed by atoms with E-state index in [9.17, 15) is 10.2 Å². The SMILES string of the molecule is OC1CCC(NCC2CCCCC2O)CC1. The fourth-order valence-corrected chi connectivity index (χ4v) is 3.02. The van der Waals surface area contributed by atoms with Crippen molar-refractivity contribution in [3.05, 3.63) is 0 Å². The Morgan fingerprint density at radius 3 is 2.25 bits per heavy atom. The van der Waals surface area contributed by atoms with E-state index in [1.165, 1.54) is 19.3 Å². The maximum Gasteiger partial charge on any atom is 0.0580 e. The monoisotopic (exact) mass is 227 g/mol. The predicted octanol–water partition coefficient (Wildman–Crippen LogP) is 1.43. The zero-order chi connectivity index (χ0) is 11.4. The van der Waals surface area contributed by atoms with Gasteiger partial charge >= 0.3 is 0 Å². The molecule has 16 heavy (non-hydrogen) atoms. The Hall–Kier alpha value is -0.120. The summed E-state index contributed by atoms with van der Waals surface area (Å²) in [6.45, 7) is 0.960. The van der Waals surface area contributed by atoms with Gasteiger partial charge in [0, 0.05) is 12.6 Å². The Balaban J connectivity index is 1.66. The minimum absolute atomic E-state index is 0.0710. The van der Waals surface area contributed by atoms with Gasteiger partial charge in [0.25, 0.3) is 0 Å². The molecular formula is C13H25NO2. The number of nitrogens with one attached hydrogen (secondary N) is 1. The van der Waals surface area contributed by atoms with E-state index < -0.39 is 0 Å². The third-order valence-electron chi connectivity index (χ3n) is 4.23. The van der Waals surface area contributed by atoms with Crippen LogP contribution in [-0.2, 0) is 0 Å². The maximum absolute atomic E-state index is 9.86. The summed E-state index contributed by atoms with van der Waals surface area (Å²) in [6.07, 6.45) is 8.50. The summed E-state index contributed by atoms with van der Waals surface area (Å²) in [5.41, 5.74) is 0. The molecule has 0 aromatic rings. The fraction of sp³-hybridized carbons (Fsp3) is 1.00. The normalized spacial score (nSPS) is 40.9. The van der Waals surface area contributed by atoms with Gasteiger partial charge in [-0.05, 0) is 44.4 Å². The molecule has 2 fully saturated rings. The Bertz CT molecular complexity index is 202. The second-order valence-corrected chi connectivity index (χ2v) is 5.53. The Morgan fingerprint density at radius 1 is 0.875 bits per heavy atom. The van der Waals surface area contributed by atoms with Crippen LogP contribution >= 0.6 is 0 Å². The van der Waals surface area contributed by atoms with Crippen LogP contribution in [0.15, 0.2) is 0 Å². The zero-order valence-corrected chi connectivity index (χ0v) is 10.1. The fourth-order valence-electron chi connectivity index (χ4n) is 3.02. The van der Waals surface area contributed by atoms with E-state index in [0.29, 0.717) is 12.0 Å². The molecule has 2 saturated carbocycles. The van der Waals surface area contributed by atoms with Crippen LogP contribution in [0.2, 0.25) is 0 Å². The lowest BCUT2D eigenvalue weighted by atomic mass is 9.85. The summed E-state index contributed by atoms with van der Waals surface area (Å²) in [5.74, 6) is 0.459. The van der Waals surface area contributed by atoms with Gasteiger partial charge in [-0.15, -0.1) is 0 Å². The third-order valence-corrected chi connectivity index (χ3v) is 4.23. The van der Waals surface area contributed by atoms with Crippen molar-refractivity contribution >= 4 is 0 Å². The van der Waals surface area contributed by atoms with Gasteiger partial charge in [-0.25, -0.2) is 0 Å². The molecule has 0 saturated heterocycles. The van der Waals surface area contributed by atoms with E-state index >= 15 is 0 Å². The summed E-state index contributed by atoms with van der Waals surface area (Å²) in [6, 6.07) is 0.567. The van der Waals surface area contributed by atoms with E-state index in [0.717, 1.165) is 38.6 Å². The molecule has 3 N–H and O–H groups in total. The van der Waals surface area contributed by atoms with Crippen molar-refractivity contribution in [2.45, 2.75) is 69.6 Å².